The molecule has 0 bridgehead atoms. The molecule has 0 aromatic heterocycles. The number of halogens is 1. The summed E-state index contributed by atoms with van der Waals surface area (Å²) in [4.78, 5) is 12.1. The first-order valence-electron chi connectivity index (χ1n) is 6.86. The second kappa shape index (κ2) is 7.14. The van der Waals surface area contributed by atoms with Crippen LogP contribution in [-0.2, 0) is 14.6 Å². The third kappa shape index (κ3) is 4.80. The molecule has 0 saturated heterocycles. The third-order valence-electron chi connectivity index (χ3n) is 3.11. The molecule has 0 fully saturated rings. The van der Waals surface area contributed by atoms with Crippen molar-refractivity contribution in [3.05, 3.63) is 52.5 Å². The lowest BCUT2D eigenvalue weighted by molar-refractivity contribution is -0.114. The van der Waals surface area contributed by atoms with Gasteiger partial charge in [-0.2, -0.15) is 0 Å². The van der Waals surface area contributed by atoms with Crippen molar-refractivity contribution in [2.45, 2.75) is 11.8 Å². The normalized spacial score (nSPS) is 11.1. The van der Waals surface area contributed by atoms with Gasteiger partial charge in [0.1, 0.15) is 4.90 Å². The molecule has 122 valence electrons. The van der Waals surface area contributed by atoms with Crippen molar-refractivity contribution >= 4 is 43.0 Å². The summed E-state index contributed by atoms with van der Waals surface area (Å²) in [5.74, 6) is -0.256. The summed E-state index contributed by atoms with van der Waals surface area (Å²) in [6.45, 7) is 1.93. The summed E-state index contributed by atoms with van der Waals surface area (Å²) in [6, 6.07) is 12.4. The van der Waals surface area contributed by atoms with Gasteiger partial charge >= 0.3 is 0 Å². The molecule has 2 aromatic rings. The highest BCUT2D eigenvalue weighted by Crippen LogP contribution is 2.29. The van der Waals surface area contributed by atoms with Crippen LogP contribution in [0.3, 0.4) is 0 Å². The summed E-state index contributed by atoms with van der Waals surface area (Å²) in [6.07, 6.45) is 1.13. The summed E-state index contributed by atoms with van der Waals surface area (Å²) in [5.41, 5.74) is 2.19. The zero-order valence-electron chi connectivity index (χ0n) is 12.8. The number of nitrogens with one attached hydrogen (secondary N) is 2. The first kappa shape index (κ1) is 17.5. The molecule has 0 aliphatic heterocycles. The molecule has 0 unspecified atom stereocenters. The number of hydrogen-bond donors (Lipinski definition) is 2. The highest BCUT2D eigenvalue weighted by atomic mass is 79.9. The standard InChI is InChI=1S/C16H17BrN2O3S/c1-11-6-8-12(9-7-11)19-15(20)10-18-14-5-3-4-13(17)16(14)23(2,21)22/h3-9,18H,10H2,1-2H3,(H,19,20). The van der Waals surface area contributed by atoms with Crippen LogP contribution in [0.2, 0.25) is 0 Å². The second-order valence-electron chi connectivity index (χ2n) is 5.16. The monoisotopic (exact) mass is 396 g/mol. The molecular weight excluding hydrogens is 380 g/mol. The van der Waals surface area contributed by atoms with Gasteiger partial charge in [0.25, 0.3) is 0 Å². The topological polar surface area (TPSA) is 75.3 Å². The molecule has 1 amide bonds. The van der Waals surface area contributed by atoms with E-state index in [4.69, 9.17) is 0 Å². The van der Waals surface area contributed by atoms with E-state index in [1.165, 1.54) is 0 Å². The maximum atomic E-state index is 12.0. The number of carbonyl (C=O) groups excluding carboxylic acids is 1. The van der Waals surface area contributed by atoms with E-state index in [0.29, 0.717) is 15.8 Å². The van der Waals surface area contributed by atoms with Crippen molar-refractivity contribution in [3.8, 4) is 0 Å². The smallest absolute Gasteiger partial charge is 0.243 e. The Labute approximate surface area is 144 Å². The number of hydrogen-bond acceptors (Lipinski definition) is 4. The maximum absolute atomic E-state index is 12.0. The van der Waals surface area contributed by atoms with Crippen molar-refractivity contribution in [1.29, 1.82) is 0 Å². The Kier molecular flexibility index (Phi) is 5.43. The Bertz CT molecular complexity index is 818. The lowest BCUT2D eigenvalue weighted by atomic mass is 10.2. The Morgan fingerprint density at radius 1 is 1.13 bits per heavy atom. The van der Waals surface area contributed by atoms with Gasteiger partial charge in [-0.3, -0.25) is 4.79 Å². The van der Waals surface area contributed by atoms with Crippen LogP contribution in [0, 0.1) is 6.92 Å². The Hall–Kier alpha value is -1.86. The van der Waals surface area contributed by atoms with E-state index in [9.17, 15) is 13.2 Å². The number of rotatable bonds is 5. The van der Waals surface area contributed by atoms with Crippen molar-refractivity contribution in [2.24, 2.45) is 0 Å². The minimum absolute atomic E-state index is 0.0349. The van der Waals surface area contributed by atoms with Gasteiger partial charge in [-0.15, -0.1) is 0 Å². The quantitative estimate of drug-likeness (QED) is 0.813. The molecule has 7 heteroatoms. The number of amides is 1. The van der Waals surface area contributed by atoms with Gasteiger partial charge in [0.05, 0.1) is 12.2 Å². The minimum atomic E-state index is -3.42. The predicted molar refractivity (Wildman–Crippen MR) is 95.6 cm³/mol. The average Bonchev–Trinajstić information content (AvgIpc) is 2.46. The van der Waals surface area contributed by atoms with E-state index in [1.54, 1.807) is 18.2 Å². The third-order valence-corrected chi connectivity index (χ3v) is 5.22. The van der Waals surface area contributed by atoms with Gasteiger partial charge in [-0.05, 0) is 47.1 Å². The highest BCUT2D eigenvalue weighted by molar-refractivity contribution is 9.10. The lowest BCUT2D eigenvalue weighted by Gasteiger charge is -2.12. The van der Waals surface area contributed by atoms with Gasteiger partial charge in [0.15, 0.2) is 9.84 Å². The Morgan fingerprint density at radius 2 is 1.78 bits per heavy atom. The van der Waals surface area contributed by atoms with Crippen LogP contribution >= 0.6 is 15.9 Å². The molecule has 2 N–H and O–H groups in total. The van der Waals surface area contributed by atoms with Gasteiger partial charge in [-0.1, -0.05) is 23.8 Å². The van der Waals surface area contributed by atoms with Crippen molar-refractivity contribution in [3.63, 3.8) is 0 Å². The summed E-state index contributed by atoms with van der Waals surface area (Å²) in [5, 5.41) is 5.62. The number of aryl methyl sites for hydroxylation is 1. The van der Waals surface area contributed by atoms with Gasteiger partial charge in [0, 0.05) is 16.4 Å². The molecule has 5 nitrogen and oxygen atoms in total. The van der Waals surface area contributed by atoms with E-state index in [1.807, 2.05) is 31.2 Å². The summed E-state index contributed by atoms with van der Waals surface area (Å²) in [7, 11) is -3.42. The van der Waals surface area contributed by atoms with Crippen LogP contribution in [-0.4, -0.2) is 27.1 Å². The van der Waals surface area contributed by atoms with Crippen LogP contribution in [0.25, 0.3) is 0 Å². The van der Waals surface area contributed by atoms with Crippen LogP contribution < -0.4 is 10.6 Å². The highest BCUT2D eigenvalue weighted by Gasteiger charge is 2.17. The first-order chi connectivity index (χ1) is 10.8. The number of anilines is 2. The Balaban J connectivity index is 2.08. The summed E-state index contributed by atoms with van der Waals surface area (Å²) >= 11 is 3.23. The molecule has 0 saturated carbocycles. The zero-order chi connectivity index (χ0) is 17.0. The molecule has 2 rings (SSSR count). The van der Waals surface area contributed by atoms with E-state index in [0.717, 1.165) is 11.8 Å². The molecule has 0 aliphatic carbocycles. The molecule has 0 radical (unpaired) electrons. The van der Waals surface area contributed by atoms with Crippen LogP contribution in [0.15, 0.2) is 51.8 Å². The molecule has 0 atom stereocenters. The van der Waals surface area contributed by atoms with E-state index < -0.39 is 9.84 Å². The second-order valence-corrected chi connectivity index (χ2v) is 7.96. The lowest BCUT2D eigenvalue weighted by Crippen LogP contribution is -2.22. The van der Waals surface area contributed by atoms with E-state index in [2.05, 4.69) is 26.6 Å². The average molecular weight is 397 g/mol. The maximum Gasteiger partial charge on any atom is 0.243 e. The fourth-order valence-electron chi connectivity index (χ4n) is 2.04. The first-order valence-corrected chi connectivity index (χ1v) is 9.55. The van der Waals surface area contributed by atoms with Crippen molar-refractivity contribution in [2.75, 3.05) is 23.4 Å². The SMILES string of the molecule is Cc1ccc(NC(=O)CNc2cccc(Br)c2S(C)(=O)=O)cc1. The number of carbonyl (C=O) groups is 1. The molecule has 2 aromatic carbocycles. The van der Waals surface area contributed by atoms with E-state index >= 15 is 0 Å². The zero-order valence-corrected chi connectivity index (χ0v) is 15.2. The molecule has 0 heterocycles. The van der Waals surface area contributed by atoms with Crippen LogP contribution in [0.4, 0.5) is 11.4 Å². The van der Waals surface area contributed by atoms with E-state index in [-0.39, 0.29) is 17.3 Å². The predicted octanol–water partition coefficient (Wildman–Crippen LogP) is 3.21. The number of sulfone groups is 1. The Morgan fingerprint density at radius 3 is 2.39 bits per heavy atom. The van der Waals surface area contributed by atoms with Crippen LogP contribution in [0.5, 0.6) is 0 Å². The molecule has 0 aliphatic rings. The molecule has 0 spiro atoms. The largest absolute Gasteiger partial charge is 0.375 e. The number of benzene rings is 2. The van der Waals surface area contributed by atoms with Crippen LogP contribution in [0.1, 0.15) is 5.56 Å². The molecular formula is C16H17BrN2O3S. The van der Waals surface area contributed by atoms with Crippen molar-refractivity contribution in [1.82, 2.24) is 0 Å². The molecule has 23 heavy (non-hydrogen) atoms. The fourth-order valence-corrected chi connectivity index (χ4v) is 4.25. The fraction of sp³-hybridized carbons (Fsp3) is 0.188. The van der Waals surface area contributed by atoms with Gasteiger partial charge < -0.3 is 10.6 Å². The van der Waals surface area contributed by atoms with Gasteiger partial charge in [0.2, 0.25) is 5.91 Å². The summed E-state index contributed by atoms with van der Waals surface area (Å²) < 4.78 is 24.2. The minimum Gasteiger partial charge on any atom is -0.375 e. The van der Waals surface area contributed by atoms with Gasteiger partial charge in [-0.25, -0.2) is 8.42 Å². The van der Waals surface area contributed by atoms with Crippen molar-refractivity contribution < 1.29 is 13.2 Å².